The second-order valence-electron chi connectivity index (χ2n) is 5.84. The van der Waals surface area contributed by atoms with Crippen LogP contribution in [-0.2, 0) is 16.1 Å². The van der Waals surface area contributed by atoms with Gasteiger partial charge in [-0.1, -0.05) is 65.9 Å². The zero-order valence-electron chi connectivity index (χ0n) is 14.9. The lowest BCUT2D eigenvalue weighted by atomic mass is 10.1. The number of rotatable bonds is 7. The molecule has 0 saturated carbocycles. The number of aryl methyl sites for hydroxylation is 1. The van der Waals surface area contributed by atoms with Gasteiger partial charge in [0.2, 0.25) is 0 Å². The lowest BCUT2D eigenvalue weighted by Gasteiger charge is -2.11. The zero-order chi connectivity index (χ0) is 18.4. The largest absolute Gasteiger partial charge is 0.465 e. The van der Waals surface area contributed by atoms with Crippen molar-refractivity contribution in [3.05, 3.63) is 65.7 Å². The number of hydrogen-bond donors (Lipinski definition) is 0. The predicted molar refractivity (Wildman–Crippen MR) is 103 cm³/mol. The Balaban J connectivity index is 1.92. The molecule has 0 aliphatic heterocycles. The molecule has 0 amide bonds. The van der Waals surface area contributed by atoms with E-state index in [-0.39, 0.29) is 11.7 Å². The summed E-state index contributed by atoms with van der Waals surface area (Å²) in [5.41, 5.74) is 3.33. The fraction of sp³-hybridized carbons (Fsp3) is 0.250. The van der Waals surface area contributed by atoms with Gasteiger partial charge in [0.15, 0.2) is 11.0 Å². The molecule has 0 unspecified atom stereocenters. The number of aromatic nitrogens is 3. The molecular weight excluding hydrogens is 346 g/mol. The highest BCUT2D eigenvalue weighted by molar-refractivity contribution is 7.99. The molecule has 1 heterocycles. The van der Waals surface area contributed by atoms with E-state index in [4.69, 9.17) is 4.74 Å². The number of benzene rings is 2. The maximum atomic E-state index is 11.7. The number of carbonyl (C=O) groups excluding carboxylic acids is 1. The lowest BCUT2D eigenvalue weighted by molar-refractivity contribution is -0.139. The van der Waals surface area contributed by atoms with E-state index in [9.17, 15) is 4.79 Å². The van der Waals surface area contributed by atoms with Gasteiger partial charge < -0.3 is 4.74 Å². The van der Waals surface area contributed by atoms with Gasteiger partial charge in [-0.25, -0.2) is 0 Å². The quantitative estimate of drug-likeness (QED) is 0.467. The molecule has 2 aromatic carbocycles. The molecule has 0 spiro atoms. The Morgan fingerprint density at radius 3 is 2.65 bits per heavy atom. The molecular formula is C20H21N3O2S. The van der Waals surface area contributed by atoms with E-state index in [1.54, 1.807) is 6.92 Å². The normalized spacial score (nSPS) is 10.7. The van der Waals surface area contributed by atoms with E-state index in [2.05, 4.69) is 41.4 Å². The molecule has 0 atom stereocenters. The minimum atomic E-state index is -0.246. The van der Waals surface area contributed by atoms with Crippen LogP contribution < -0.4 is 0 Å². The minimum Gasteiger partial charge on any atom is -0.465 e. The second kappa shape index (κ2) is 8.67. The van der Waals surface area contributed by atoms with E-state index in [0.29, 0.717) is 18.3 Å². The van der Waals surface area contributed by atoms with E-state index >= 15 is 0 Å². The van der Waals surface area contributed by atoms with Crippen molar-refractivity contribution < 1.29 is 9.53 Å². The first-order chi connectivity index (χ1) is 12.7. The van der Waals surface area contributed by atoms with Gasteiger partial charge >= 0.3 is 5.97 Å². The average molecular weight is 367 g/mol. The molecule has 3 rings (SSSR count). The fourth-order valence-electron chi connectivity index (χ4n) is 2.63. The molecule has 0 bridgehead atoms. The van der Waals surface area contributed by atoms with Gasteiger partial charge in [-0.3, -0.25) is 9.36 Å². The maximum absolute atomic E-state index is 11.7. The number of esters is 1. The van der Waals surface area contributed by atoms with Crippen molar-refractivity contribution in [2.75, 3.05) is 12.4 Å². The number of nitrogens with zero attached hydrogens (tertiary/aromatic N) is 3. The molecule has 0 N–H and O–H groups in total. The summed E-state index contributed by atoms with van der Waals surface area (Å²) >= 11 is 1.35. The molecule has 0 aliphatic carbocycles. The summed E-state index contributed by atoms with van der Waals surface area (Å²) in [6, 6.07) is 18.3. The highest BCUT2D eigenvalue weighted by Crippen LogP contribution is 2.26. The Morgan fingerprint density at radius 1 is 1.12 bits per heavy atom. The average Bonchev–Trinajstić information content (AvgIpc) is 3.04. The van der Waals surface area contributed by atoms with Crippen molar-refractivity contribution in [3.8, 4) is 11.4 Å². The van der Waals surface area contributed by atoms with Crippen LogP contribution in [0, 0.1) is 6.92 Å². The summed E-state index contributed by atoms with van der Waals surface area (Å²) in [4.78, 5) is 11.7. The van der Waals surface area contributed by atoms with Crippen molar-refractivity contribution in [3.63, 3.8) is 0 Å². The number of ether oxygens (including phenoxy) is 1. The summed E-state index contributed by atoms with van der Waals surface area (Å²) < 4.78 is 7.06. The van der Waals surface area contributed by atoms with E-state index in [1.165, 1.54) is 11.8 Å². The summed E-state index contributed by atoms with van der Waals surface area (Å²) in [5.74, 6) is 0.766. The van der Waals surface area contributed by atoms with E-state index < -0.39 is 0 Å². The number of hydrogen-bond acceptors (Lipinski definition) is 5. The van der Waals surface area contributed by atoms with E-state index in [0.717, 1.165) is 22.5 Å². The maximum Gasteiger partial charge on any atom is 0.316 e. The number of carbonyl (C=O) groups is 1. The molecule has 3 aromatic rings. The van der Waals surface area contributed by atoms with Crippen LogP contribution in [-0.4, -0.2) is 33.1 Å². The standard InChI is InChI=1S/C20H21N3O2S/c1-3-25-18(24)14-26-20-22-21-19(17-11-7-8-15(2)12-17)23(20)13-16-9-5-4-6-10-16/h4-12H,3,13-14H2,1-2H3. The zero-order valence-corrected chi connectivity index (χ0v) is 15.7. The monoisotopic (exact) mass is 367 g/mol. The Hall–Kier alpha value is -2.60. The highest BCUT2D eigenvalue weighted by Gasteiger charge is 2.16. The summed E-state index contributed by atoms with van der Waals surface area (Å²) in [6.45, 7) is 4.88. The van der Waals surface area contributed by atoms with Crippen LogP contribution in [0.4, 0.5) is 0 Å². The van der Waals surface area contributed by atoms with E-state index in [1.807, 2.05) is 34.9 Å². The van der Waals surface area contributed by atoms with Crippen LogP contribution in [0.1, 0.15) is 18.1 Å². The van der Waals surface area contributed by atoms with Crippen LogP contribution in [0.15, 0.2) is 59.8 Å². The number of thioether (sulfide) groups is 1. The molecule has 1 aromatic heterocycles. The van der Waals surface area contributed by atoms with Crippen molar-refractivity contribution in [1.82, 2.24) is 14.8 Å². The van der Waals surface area contributed by atoms with Gasteiger partial charge in [0.1, 0.15) is 0 Å². The summed E-state index contributed by atoms with van der Waals surface area (Å²) in [6.07, 6.45) is 0. The minimum absolute atomic E-state index is 0.217. The second-order valence-corrected chi connectivity index (χ2v) is 6.78. The predicted octanol–water partition coefficient (Wildman–Crippen LogP) is 3.96. The molecule has 6 heteroatoms. The lowest BCUT2D eigenvalue weighted by Crippen LogP contribution is -2.09. The van der Waals surface area contributed by atoms with Crippen molar-refractivity contribution in [2.24, 2.45) is 0 Å². The molecule has 0 aliphatic rings. The molecule has 134 valence electrons. The Kier molecular flexibility index (Phi) is 6.07. The molecule has 5 nitrogen and oxygen atoms in total. The van der Waals surface area contributed by atoms with Crippen molar-refractivity contribution in [2.45, 2.75) is 25.5 Å². The molecule has 0 radical (unpaired) electrons. The molecule has 0 fully saturated rings. The van der Waals surface area contributed by atoms with Gasteiger partial charge in [0.05, 0.1) is 18.9 Å². The van der Waals surface area contributed by atoms with Crippen LogP contribution in [0.2, 0.25) is 0 Å². The van der Waals surface area contributed by atoms with Gasteiger partial charge in [-0.05, 0) is 25.5 Å². The summed E-state index contributed by atoms with van der Waals surface area (Å²) in [7, 11) is 0. The third-order valence-corrected chi connectivity index (χ3v) is 4.74. The fourth-order valence-corrected chi connectivity index (χ4v) is 3.36. The Labute approximate surface area is 157 Å². The third kappa shape index (κ3) is 4.52. The highest BCUT2D eigenvalue weighted by atomic mass is 32.2. The first kappa shape index (κ1) is 18.2. The van der Waals surface area contributed by atoms with Gasteiger partial charge in [-0.2, -0.15) is 0 Å². The Bertz CT molecular complexity index is 878. The topological polar surface area (TPSA) is 57.0 Å². The molecule has 0 saturated heterocycles. The van der Waals surface area contributed by atoms with Gasteiger partial charge in [0, 0.05) is 5.56 Å². The van der Waals surface area contributed by atoms with Crippen LogP contribution >= 0.6 is 11.8 Å². The van der Waals surface area contributed by atoms with Crippen LogP contribution in [0.5, 0.6) is 0 Å². The van der Waals surface area contributed by atoms with Crippen LogP contribution in [0.25, 0.3) is 11.4 Å². The Morgan fingerprint density at radius 2 is 1.92 bits per heavy atom. The summed E-state index contributed by atoms with van der Waals surface area (Å²) in [5, 5.41) is 9.41. The SMILES string of the molecule is CCOC(=O)CSc1nnc(-c2cccc(C)c2)n1Cc1ccccc1. The van der Waals surface area contributed by atoms with Gasteiger partial charge in [-0.15, -0.1) is 10.2 Å². The first-order valence-electron chi connectivity index (χ1n) is 8.50. The van der Waals surface area contributed by atoms with Gasteiger partial charge in [0.25, 0.3) is 0 Å². The first-order valence-corrected chi connectivity index (χ1v) is 9.48. The molecule has 26 heavy (non-hydrogen) atoms. The smallest absolute Gasteiger partial charge is 0.316 e. The van der Waals surface area contributed by atoms with Crippen LogP contribution in [0.3, 0.4) is 0 Å². The third-order valence-electron chi connectivity index (χ3n) is 3.80. The van der Waals surface area contributed by atoms with Crippen molar-refractivity contribution >= 4 is 17.7 Å². The van der Waals surface area contributed by atoms with Crippen molar-refractivity contribution in [1.29, 1.82) is 0 Å².